The first kappa shape index (κ1) is 30.3. The minimum atomic E-state index is -1.61. The van der Waals surface area contributed by atoms with Gasteiger partial charge in [0.15, 0.2) is 5.69 Å². The van der Waals surface area contributed by atoms with Crippen molar-refractivity contribution in [1.29, 1.82) is 0 Å². The van der Waals surface area contributed by atoms with Crippen molar-refractivity contribution in [2.75, 3.05) is 64.2 Å². The first-order valence-electron chi connectivity index (χ1n) is 13.7. The molecule has 0 aromatic carbocycles. The van der Waals surface area contributed by atoms with E-state index in [2.05, 4.69) is 50.1 Å². The van der Waals surface area contributed by atoms with Crippen molar-refractivity contribution < 1.29 is 28.2 Å². The number of pyridine rings is 1. The fraction of sp³-hybridized carbons (Fsp3) is 0.500. The molecule has 1 saturated heterocycles. The quantitative estimate of drug-likeness (QED) is 0.226. The summed E-state index contributed by atoms with van der Waals surface area (Å²) in [6, 6.07) is 5.37. The molecule has 4 heterocycles. The molecular formula is C28H40N6O6Si. The largest absolute Gasteiger partial charge is 0.479 e. The van der Waals surface area contributed by atoms with E-state index in [9.17, 15) is 4.79 Å². The van der Waals surface area contributed by atoms with Crippen LogP contribution in [0.2, 0.25) is 19.6 Å². The van der Waals surface area contributed by atoms with Crippen LogP contribution in [0.3, 0.4) is 0 Å². The maximum atomic E-state index is 12.9. The Bertz CT molecular complexity index is 1300. The molecule has 0 atom stereocenters. The maximum absolute atomic E-state index is 12.9. The van der Waals surface area contributed by atoms with E-state index in [1.807, 2.05) is 19.2 Å². The number of aromatic nitrogens is 3. The fourth-order valence-electron chi connectivity index (χ4n) is 4.21. The number of anilines is 2. The molecule has 41 heavy (non-hydrogen) atoms. The number of methoxy groups -OCH3 is 2. The second-order valence-electron chi connectivity index (χ2n) is 10.8. The lowest BCUT2D eigenvalue weighted by Gasteiger charge is -2.26. The van der Waals surface area contributed by atoms with Crippen molar-refractivity contribution >= 4 is 30.9 Å². The van der Waals surface area contributed by atoms with Crippen molar-refractivity contribution in [3.63, 3.8) is 0 Å². The van der Waals surface area contributed by atoms with Crippen molar-refractivity contribution in [1.82, 2.24) is 19.9 Å². The van der Waals surface area contributed by atoms with E-state index in [1.54, 1.807) is 12.1 Å². The number of carbonyl (C=O) groups excluding carboxylic acids is 1. The van der Waals surface area contributed by atoms with Gasteiger partial charge in [-0.1, -0.05) is 19.6 Å². The van der Waals surface area contributed by atoms with Gasteiger partial charge in [0.25, 0.3) is 5.95 Å². The van der Waals surface area contributed by atoms with Crippen LogP contribution in [-0.2, 0) is 16.0 Å². The molecule has 1 aliphatic heterocycles. The number of furan rings is 1. The van der Waals surface area contributed by atoms with E-state index >= 15 is 0 Å². The summed E-state index contributed by atoms with van der Waals surface area (Å²) in [5.41, 5.74) is 1.14. The number of rotatable bonds is 13. The number of nitrogens with one attached hydrogen (secondary N) is 2. The summed E-state index contributed by atoms with van der Waals surface area (Å²) in [4.78, 5) is 28.7. The molecule has 1 amide bonds. The highest BCUT2D eigenvalue weighted by Gasteiger charge is 2.22. The van der Waals surface area contributed by atoms with E-state index in [4.69, 9.17) is 23.4 Å². The van der Waals surface area contributed by atoms with Gasteiger partial charge in [-0.3, -0.25) is 14.7 Å². The van der Waals surface area contributed by atoms with Crippen LogP contribution in [0, 0.1) is 6.92 Å². The zero-order valence-corrected chi connectivity index (χ0v) is 25.7. The Morgan fingerprint density at radius 3 is 2.46 bits per heavy atom. The van der Waals surface area contributed by atoms with E-state index in [-0.39, 0.29) is 29.8 Å². The highest BCUT2D eigenvalue weighted by atomic mass is 28.3. The van der Waals surface area contributed by atoms with E-state index in [1.165, 1.54) is 14.2 Å². The average molecular weight is 585 g/mol. The molecule has 0 saturated carbocycles. The predicted octanol–water partition coefficient (Wildman–Crippen LogP) is 3.44. The zero-order valence-electron chi connectivity index (χ0n) is 24.7. The SMILES string of the molecule is COc1nc(NCCCN2CCOCC2)nc(OC)c1NC(=O)Cc1ccc(Oc2cc([Si](C)(C)C)ncc2C)o1. The lowest BCUT2D eigenvalue weighted by Crippen LogP contribution is -2.39. The minimum absolute atomic E-state index is 0.0350. The van der Waals surface area contributed by atoms with Crippen LogP contribution in [0.15, 0.2) is 28.8 Å². The van der Waals surface area contributed by atoms with Gasteiger partial charge in [-0.05, 0) is 32.0 Å². The van der Waals surface area contributed by atoms with Crippen LogP contribution < -0.4 is 30.2 Å². The third kappa shape index (κ3) is 8.41. The van der Waals surface area contributed by atoms with E-state index < -0.39 is 8.07 Å². The van der Waals surface area contributed by atoms with Crippen LogP contribution in [0.4, 0.5) is 11.6 Å². The van der Waals surface area contributed by atoms with Crippen molar-refractivity contribution in [3.05, 3.63) is 35.7 Å². The zero-order chi connectivity index (χ0) is 29.4. The third-order valence-corrected chi connectivity index (χ3v) is 8.35. The molecule has 0 unspecified atom stereocenters. The molecule has 0 bridgehead atoms. The van der Waals surface area contributed by atoms with Gasteiger partial charge < -0.3 is 34.0 Å². The molecule has 3 aromatic heterocycles. The van der Waals surface area contributed by atoms with Crippen LogP contribution in [0.25, 0.3) is 0 Å². The Balaban J connectivity index is 1.35. The van der Waals surface area contributed by atoms with Crippen LogP contribution >= 0.6 is 0 Å². The minimum Gasteiger partial charge on any atom is -0.479 e. The molecule has 13 heteroatoms. The number of carbonyl (C=O) groups is 1. The summed E-state index contributed by atoms with van der Waals surface area (Å²) in [6.07, 6.45) is 2.70. The second-order valence-corrected chi connectivity index (χ2v) is 15.8. The van der Waals surface area contributed by atoms with Gasteiger partial charge in [-0.25, -0.2) is 0 Å². The second kappa shape index (κ2) is 13.8. The Morgan fingerprint density at radius 1 is 1.10 bits per heavy atom. The van der Waals surface area contributed by atoms with Crippen LogP contribution in [0.1, 0.15) is 17.7 Å². The van der Waals surface area contributed by atoms with Crippen LogP contribution in [-0.4, -0.2) is 87.4 Å². The van der Waals surface area contributed by atoms with E-state index in [0.29, 0.717) is 29.9 Å². The molecule has 222 valence electrons. The monoisotopic (exact) mass is 584 g/mol. The highest BCUT2D eigenvalue weighted by Crippen LogP contribution is 2.33. The molecule has 2 N–H and O–H groups in total. The standard InChI is InChI=1S/C28H40N6O6Si/c1-19-18-30-23(41(4,5)6)17-21(19)40-24-9-8-20(39-24)16-22(35)31-25-26(36-2)32-28(33-27(25)37-3)29-10-7-11-34-12-14-38-15-13-34/h8-9,17-18H,7,10-16H2,1-6H3,(H,31,35)(H,29,32,33). The fourth-order valence-corrected chi connectivity index (χ4v) is 5.23. The van der Waals surface area contributed by atoms with Gasteiger partial charge in [0.1, 0.15) is 19.6 Å². The number of aryl methyl sites for hydroxylation is 1. The van der Waals surface area contributed by atoms with Gasteiger partial charge in [0.2, 0.25) is 23.6 Å². The van der Waals surface area contributed by atoms with Gasteiger partial charge in [0, 0.05) is 42.8 Å². The van der Waals surface area contributed by atoms with Gasteiger partial charge in [-0.2, -0.15) is 9.97 Å². The number of amides is 1. The molecule has 1 fully saturated rings. The normalized spacial score (nSPS) is 14.0. The Morgan fingerprint density at radius 2 is 1.80 bits per heavy atom. The first-order chi connectivity index (χ1) is 19.7. The lowest BCUT2D eigenvalue weighted by atomic mass is 10.3. The topological polar surface area (TPSA) is 133 Å². The smallest absolute Gasteiger partial charge is 0.290 e. The summed E-state index contributed by atoms with van der Waals surface area (Å²) in [5, 5.41) is 7.05. The Kier molecular flexibility index (Phi) is 10.2. The number of hydrogen-bond acceptors (Lipinski definition) is 11. The van der Waals surface area contributed by atoms with Crippen molar-refractivity contribution in [2.24, 2.45) is 0 Å². The average Bonchev–Trinajstić information content (AvgIpc) is 3.39. The molecule has 1 aliphatic rings. The predicted molar refractivity (Wildman–Crippen MR) is 159 cm³/mol. The molecule has 4 rings (SSSR count). The summed E-state index contributed by atoms with van der Waals surface area (Å²) in [7, 11) is 1.34. The molecule has 12 nitrogen and oxygen atoms in total. The number of hydrogen-bond donors (Lipinski definition) is 2. The molecule has 3 aromatic rings. The van der Waals surface area contributed by atoms with Gasteiger partial charge in [-0.15, -0.1) is 0 Å². The summed E-state index contributed by atoms with van der Waals surface area (Å²) in [6.45, 7) is 13.7. The van der Waals surface area contributed by atoms with Crippen molar-refractivity contribution in [3.8, 4) is 23.5 Å². The van der Waals surface area contributed by atoms with Gasteiger partial charge >= 0.3 is 0 Å². The first-order valence-corrected chi connectivity index (χ1v) is 17.2. The Labute approximate surface area is 241 Å². The van der Waals surface area contributed by atoms with Crippen LogP contribution in [0.5, 0.6) is 23.5 Å². The highest BCUT2D eigenvalue weighted by molar-refractivity contribution is 6.88. The molecular weight excluding hydrogens is 544 g/mol. The number of nitrogens with zero attached hydrogens (tertiary/aromatic N) is 4. The number of morpholine rings is 1. The van der Waals surface area contributed by atoms with E-state index in [0.717, 1.165) is 50.1 Å². The molecule has 0 spiro atoms. The molecule has 0 radical (unpaired) electrons. The van der Waals surface area contributed by atoms with Crippen molar-refractivity contribution in [2.45, 2.75) is 39.4 Å². The number of ether oxygens (including phenoxy) is 4. The van der Waals surface area contributed by atoms with Gasteiger partial charge in [0.05, 0.1) is 33.9 Å². The Hall–Kier alpha value is -3.68. The maximum Gasteiger partial charge on any atom is 0.290 e. The molecule has 0 aliphatic carbocycles. The lowest BCUT2D eigenvalue weighted by molar-refractivity contribution is -0.115. The summed E-state index contributed by atoms with van der Waals surface area (Å²) in [5.74, 6) is 1.81. The summed E-state index contributed by atoms with van der Waals surface area (Å²) >= 11 is 0. The summed E-state index contributed by atoms with van der Waals surface area (Å²) < 4.78 is 28.1. The third-order valence-electron chi connectivity index (χ3n) is 6.54.